The van der Waals surface area contributed by atoms with Crippen LogP contribution in [0.4, 0.5) is 0 Å². The third-order valence-electron chi connectivity index (χ3n) is 5.85. The van der Waals surface area contributed by atoms with Crippen molar-refractivity contribution in [2.75, 3.05) is 19.7 Å². The number of benzene rings is 1. The Bertz CT molecular complexity index is 790. The van der Waals surface area contributed by atoms with E-state index in [0.717, 1.165) is 12.8 Å². The number of carbonyl (C=O) groups excluding carboxylic acids is 1. The third-order valence-corrected chi connectivity index (χ3v) is 5.85. The number of aliphatic hydroxyl groups excluding tert-OH is 1. The Kier molecular flexibility index (Phi) is 4.04. The summed E-state index contributed by atoms with van der Waals surface area (Å²) in [5.74, 6) is 0.542. The van der Waals surface area contributed by atoms with Gasteiger partial charge in [0.25, 0.3) is 5.91 Å². The van der Waals surface area contributed by atoms with Crippen molar-refractivity contribution in [3.05, 3.63) is 29.7 Å². The molecule has 4 rings (SSSR count). The van der Waals surface area contributed by atoms with Crippen LogP contribution in [0.2, 0.25) is 0 Å². The van der Waals surface area contributed by atoms with Gasteiger partial charge in [-0.05, 0) is 31.9 Å². The van der Waals surface area contributed by atoms with E-state index < -0.39 is 0 Å². The summed E-state index contributed by atoms with van der Waals surface area (Å²) in [6.45, 7) is 5.69. The molecular weight excluding hydrogens is 320 g/mol. The van der Waals surface area contributed by atoms with E-state index in [0.29, 0.717) is 48.7 Å². The SMILES string of the molecule is CCO[C@@H]1C[C@@H](O)C12CCN(C(=O)c1cccc3oc(C)nc13)CC2. The van der Waals surface area contributed by atoms with Gasteiger partial charge in [0.2, 0.25) is 0 Å². The number of piperidine rings is 1. The smallest absolute Gasteiger partial charge is 0.256 e. The van der Waals surface area contributed by atoms with Crippen LogP contribution in [0.15, 0.2) is 22.6 Å². The quantitative estimate of drug-likeness (QED) is 0.926. The van der Waals surface area contributed by atoms with Gasteiger partial charge in [-0.25, -0.2) is 4.98 Å². The van der Waals surface area contributed by atoms with Gasteiger partial charge in [0.15, 0.2) is 11.5 Å². The number of amides is 1. The minimum Gasteiger partial charge on any atom is -0.441 e. The van der Waals surface area contributed by atoms with Crippen molar-refractivity contribution >= 4 is 17.0 Å². The topological polar surface area (TPSA) is 75.8 Å². The molecule has 2 atom stereocenters. The van der Waals surface area contributed by atoms with E-state index in [1.807, 2.05) is 24.0 Å². The molecular formula is C19H24N2O4. The number of fused-ring (bicyclic) bond motifs is 1. The maximum atomic E-state index is 13.0. The van der Waals surface area contributed by atoms with Gasteiger partial charge in [0.1, 0.15) is 5.52 Å². The van der Waals surface area contributed by atoms with Gasteiger partial charge in [-0.15, -0.1) is 0 Å². The lowest BCUT2D eigenvalue weighted by atomic mass is 9.58. The highest BCUT2D eigenvalue weighted by atomic mass is 16.5. The summed E-state index contributed by atoms with van der Waals surface area (Å²) in [5.41, 5.74) is 1.67. The first-order valence-electron chi connectivity index (χ1n) is 9.00. The molecule has 1 saturated carbocycles. The molecule has 0 bridgehead atoms. The van der Waals surface area contributed by atoms with Crippen LogP contribution in [0.25, 0.3) is 11.1 Å². The van der Waals surface area contributed by atoms with Crippen LogP contribution in [-0.2, 0) is 4.74 Å². The number of hydrogen-bond donors (Lipinski definition) is 1. The number of carbonyl (C=O) groups is 1. The second-order valence-electron chi connectivity index (χ2n) is 7.11. The van der Waals surface area contributed by atoms with Gasteiger partial charge in [0.05, 0.1) is 17.8 Å². The molecule has 1 aliphatic carbocycles. The maximum Gasteiger partial charge on any atom is 0.256 e. The highest BCUT2D eigenvalue weighted by Gasteiger charge is 2.56. The first kappa shape index (κ1) is 16.5. The summed E-state index contributed by atoms with van der Waals surface area (Å²) in [4.78, 5) is 19.2. The van der Waals surface area contributed by atoms with Gasteiger partial charge in [-0.2, -0.15) is 0 Å². The number of aryl methyl sites for hydroxylation is 1. The fourth-order valence-corrected chi connectivity index (χ4v) is 4.35. The van der Waals surface area contributed by atoms with Crippen molar-refractivity contribution < 1.29 is 19.1 Å². The van der Waals surface area contributed by atoms with Crippen LogP contribution in [0.1, 0.15) is 42.4 Å². The van der Waals surface area contributed by atoms with Crippen molar-refractivity contribution in [1.82, 2.24) is 9.88 Å². The number of aromatic nitrogens is 1. The zero-order valence-electron chi connectivity index (χ0n) is 14.7. The van der Waals surface area contributed by atoms with Crippen LogP contribution in [0.3, 0.4) is 0 Å². The van der Waals surface area contributed by atoms with Gasteiger partial charge in [0, 0.05) is 38.5 Å². The molecule has 0 unspecified atom stereocenters. The number of ether oxygens (including phenoxy) is 1. The molecule has 1 N–H and O–H groups in total. The van der Waals surface area contributed by atoms with Crippen molar-refractivity contribution in [2.45, 2.75) is 45.3 Å². The molecule has 6 nitrogen and oxygen atoms in total. The largest absolute Gasteiger partial charge is 0.441 e. The Morgan fingerprint density at radius 3 is 2.88 bits per heavy atom. The summed E-state index contributed by atoms with van der Waals surface area (Å²) < 4.78 is 11.3. The second-order valence-corrected chi connectivity index (χ2v) is 7.11. The molecule has 2 heterocycles. The van der Waals surface area contributed by atoms with Crippen molar-refractivity contribution in [2.24, 2.45) is 5.41 Å². The average Bonchev–Trinajstić information content (AvgIpc) is 3.01. The molecule has 2 aromatic rings. The molecule has 6 heteroatoms. The monoisotopic (exact) mass is 344 g/mol. The Balaban J connectivity index is 1.51. The second kappa shape index (κ2) is 6.11. The molecule has 134 valence electrons. The minimum atomic E-state index is -0.317. The molecule has 1 saturated heterocycles. The molecule has 0 radical (unpaired) electrons. The van der Waals surface area contributed by atoms with E-state index in [2.05, 4.69) is 4.98 Å². The number of hydrogen-bond acceptors (Lipinski definition) is 5. The number of likely N-dealkylation sites (tertiary alicyclic amines) is 1. The van der Waals surface area contributed by atoms with E-state index in [9.17, 15) is 9.90 Å². The molecule has 1 amide bonds. The summed E-state index contributed by atoms with van der Waals surface area (Å²) in [7, 11) is 0. The first-order valence-corrected chi connectivity index (χ1v) is 9.00. The third kappa shape index (κ3) is 2.55. The lowest BCUT2D eigenvalue weighted by molar-refractivity contribution is -0.207. The summed E-state index contributed by atoms with van der Waals surface area (Å²) in [6.07, 6.45) is 2.06. The summed E-state index contributed by atoms with van der Waals surface area (Å²) in [6, 6.07) is 5.46. The van der Waals surface area contributed by atoms with Crippen LogP contribution in [-0.4, -0.2) is 52.8 Å². The standard InChI is InChI=1S/C19H24N2O4/c1-3-24-16-11-15(22)19(16)7-9-21(10-8-19)18(23)13-5-4-6-14-17(13)20-12(2)25-14/h4-6,15-16,22H,3,7-11H2,1-2H3/t15-,16-/m1/s1. The van der Waals surface area contributed by atoms with Crippen LogP contribution in [0, 0.1) is 12.3 Å². The van der Waals surface area contributed by atoms with Crippen LogP contribution < -0.4 is 0 Å². The predicted molar refractivity (Wildman–Crippen MR) is 92.4 cm³/mol. The van der Waals surface area contributed by atoms with Crippen LogP contribution >= 0.6 is 0 Å². The highest BCUT2D eigenvalue weighted by Crippen LogP contribution is 2.51. The lowest BCUT2D eigenvalue weighted by Gasteiger charge is -2.56. The van der Waals surface area contributed by atoms with Gasteiger partial charge in [-0.3, -0.25) is 4.79 Å². The number of rotatable bonds is 3. The van der Waals surface area contributed by atoms with E-state index >= 15 is 0 Å². The molecule has 1 spiro atoms. The fourth-order valence-electron chi connectivity index (χ4n) is 4.35. The Hall–Kier alpha value is -1.92. The van der Waals surface area contributed by atoms with E-state index in [-0.39, 0.29) is 23.5 Å². The van der Waals surface area contributed by atoms with Crippen LogP contribution in [0.5, 0.6) is 0 Å². The fraction of sp³-hybridized carbons (Fsp3) is 0.579. The van der Waals surface area contributed by atoms with E-state index in [1.165, 1.54) is 0 Å². The molecule has 25 heavy (non-hydrogen) atoms. The maximum absolute atomic E-state index is 13.0. The summed E-state index contributed by atoms with van der Waals surface area (Å²) >= 11 is 0. The molecule has 2 fully saturated rings. The highest BCUT2D eigenvalue weighted by molar-refractivity contribution is 6.04. The normalized spacial score (nSPS) is 25.3. The number of para-hydroxylation sites is 1. The van der Waals surface area contributed by atoms with Gasteiger partial charge >= 0.3 is 0 Å². The van der Waals surface area contributed by atoms with Crippen molar-refractivity contribution in [3.63, 3.8) is 0 Å². The molecule has 1 aromatic heterocycles. The first-order chi connectivity index (χ1) is 12.0. The predicted octanol–water partition coefficient (Wildman–Crippen LogP) is 2.53. The average molecular weight is 344 g/mol. The van der Waals surface area contributed by atoms with Gasteiger partial charge < -0.3 is 19.2 Å². The van der Waals surface area contributed by atoms with Crippen molar-refractivity contribution in [1.29, 1.82) is 0 Å². The zero-order valence-corrected chi connectivity index (χ0v) is 14.7. The Morgan fingerprint density at radius 2 is 2.20 bits per heavy atom. The Labute approximate surface area is 146 Å². The lowest BCUT2D eigenvalue weighted by Crippen LogP contribution is -2.62. The number of oxazole rings is 1. The van der Waals surface area contributed by atoms with Crippen molar-refractivity contribution in [3.8, 4) is 0 Å². The van der Waals surface area contributed by atoms with Gasteiger partial charge in [-0.1, -0.05) is 6.07 Å². The number of nitrogens with zero attached hydrogens (tertiary/aromatic N) is 2. The summed E-state index contributed by atoms with van der Waals surface area (Å²) in [5, 5.41) is 10.3. The van der Waals surface area contributed by atoms with E-state index in [1.54, 1.807) is 13.0 Å². The molecule has 1 aliphatic heterocycles. The molecule has 2 aliphatic rings. The molecule has 1 aromatic carbocycles. The minimum absolute atomic E-state index is 0.0180. The van der Waals surface area contributed by atoms with E-state index in [4.69, 9.17) is 9.15 Å². The zero-order chi connectivity index (χ0) is 17.6. The number of aliphatic hydroxyl groups is 1. The Morgan fingerprint density at radius 1 is 1.44 bits per heavy atom.